The number of benzene rings is 1. The van der Waals surface area contributed by atoms with E-state index in [0.717, 1.165) is 31.1 Å². The van der Waals surface area contributed by atoms with E-state index in [2.05, 4.69) is 25.7 Å². The van der Waals surface area contributed by atoms with E-state index in [9.17, 15) is 4.39 Å². The third-order valence-corrected chi connectivity index (χ3v) is 4.25. The normalized spacial score (nSPS) is 22.7. The van der Waals surface area contributed by atoms with Crippen molar-refractivity contribution in [2.45, 2.75) is 33.2 Å². The number of hydrogen-bond donors (Lipinski definition) is 1. The highest BCUT2D eigenvalue weighted by Gasteiger charge is 2.32. The van der Waals surface area contributed by atoms with Gasteiger partial charge in [-0.2, -0.15) is 0 Å². The van der Waals surface area contributed by atoms with Crippen LogP contribution in [0.1, 0.15) is 38.8 Å². The van der Waals surface area contributed by atoms with Gasteiger partial charge >= 0.3 is 0 Å². The predicted octanol–water partition coefficient (Wildman–Crippen LogP) is 3.19. The van der Waals surface area contributed by atoms with E-state index in [1.807, 2.05) is 0 Å². The number of hydrogen-bond acceptors (Lipinski definition) is 2. The average molecular weight is 264 g/mol. The summed E-state index contributed by atoms with van der Waals surface area (Å²) >= 11 is 0. The fraction of sp³-hybridized carbons (Fsp3) is 0.625. The van der Waals surface area contributed by atoms with Crippen molar-refractivity contribution in [1.29, 1.82) is 0 Å². The molecule has 3 heteroatoms. The minimum absolute atomic E-state index is 0.0284. The molecule has 1 heterocycles. The maximum absolute atomic E-state index is 12.9. The van der Waals surface area contributed by atoms with Gasteiger partial charge in [0.2, 0.25) is 0 Å². The minimum atomic E-state index is -0.204. The van der Waals surface area contributed by atoms with Gasteiger partial charge in [-0.1, -0.05) is 32.9 Å². The summed E-state index contributed by atoms with van der Waals surface area (Å²) in [5, 5.41) is 0. The summed E-state index contributed by atoms with van der Waals surface area (Å²) in [4.78, 5) is 2.43. The number of rotatable bonds is 3. The van der Waals surface area contributed by atoms with Crippen molar-refractivity contribution >= 4 is 0 Å². The summed E-state index contributed by atoms with van der Waals surface area (Å²) in [6.45, 7) is 10.0. The molecule has 2 rings (SSSR count). The third kappa shape index (κ3) is 3.77. The van der Waals surface area contributed by atoms with Crippen molar-refractivity contribution in [3.63, 3.8) is 0 Å². The lowest BCUT2D eigenvalue weighted by Crippen LogP contribution is -2.32. The predicted molar refractivity (Wildman–Crippen MR) is 77.3 cm³/mol. The maximum atomic E-state index is 12.9. The molecule has 1 saturated heterocycles. The maximum Gasteiger partial charge on any atom is 0.123 e. The summed E-state index contributed by atoms with van der Waals surface area (Å²) in [6.07, 6.45) is 1.25. The van der Waals surface area contributed by atoms with E-state index < -0.39 is 0 Å². The topological polar surface area (TPSA) is 29.3 Å². The molecule has 1 aliphatic heterocycles. The van der Waals surface area contributed by atoms with Gasteiger partial charge in [0, 0.05) is 19.1 Å². The van der Waals surface area contributed by atoms with Crippen molar-refractivity contribution in [2.75, 3.05) is 19.6 Å². The summed E-state index contributed by atoms with van der Waals surface area (Å²) in [7, 11) is 0. The molecule has 2 unspecified atom stereocenters. The molecular weight excluding hydrogens is 239 g/mol. The molecule has 0 spiro atoms. The summed E-state index contributed by atoms with van der Waals surface area (Å²) in [5.74, 6) is 0.540. The zero-order valence-electron chi connectivity index (χ0n) is 12.2. The lowest BCUT2D eigenvalue weighted by Gasteiger charge is -2.27. The molecule has 1 aliphatic rings. The molecule has 106 valence electrons. The van der Waals surface area contributed by atoms with E-state index >= 15 is 0 Å². The van der Waals surface area contributed by atoms with Gasteiger partial charge in [-0.05, 0) is 42.0 Å². The van der Waals surface area contributed by atoms with Crippen molar-refractivity contribution in [3.8, 4) is 0 Å². The van der Waals surface area contributed by atoms with Gasteiger partial charge in [0.1, 0.15) is 5.82 Å². The van der Waals surface area contributed by atoms with E-state index in [-0.39, 0.29) is 11.9 Å². The van der Waals surface area contributed by atoms with Crippen LogP contribution in [0.3, 0.4) is 0 Å². The first kappa shape index (κ1) is 14.5. The Balaban J connectivity index is 1.90. The third-order valence-electron chi connectivity index (χ3n) is 4.25. The number of halogens is 1. The Morgan fingerprint density at radius 3 is 2.47 bits per heavy atom. The second-order valence-electron chi connectivity index (χ2n) is 6.77. The fourth-order valence-electron chi connectivity index (χ4n) is 2.80. The first-order valence-corrected chi connectivity index (χ1v) is 7.09. The Morgan fingerprint density at radius 2 is 1.95 bits per heavy atom. The molecule has 19 heavy (non-hydrogen) atoms. The molecule has 2 nitrogen and oxygen atoms in total. The van der Waals surface area contributed by atoms with Crippen LogP contribution in [0.4, 0.5) is 4.39 Å². The van der Waals surface area contributed by atoms with Crippen LogP contribution in [-0.2, 0) is 0 Å². The molecule has 0 amide bonds. The Morgan fingerprint density at radius 1 is 1.32 bits per heavy atom. The number of nitrogens with zero attached hydrogens (tertiary/aromatic N) is 1. The lowest BCUT2D eigenvalue weighted by atomic mass is 9.80. The zero-order chi connectivity index (χ0) is 14.0. The molecule has 1 aromatic rings. The molecule has 0 bridgehead atoms. The summed E-state index contributed by atoms with van der Waals surface area (Å²) < 4.78 is 12.9. The second kappa shape index (κ2) is 5.59. The monoisotopic (exact) mass is 264 g/mol. The standard InChI is InChI=1S/C16H25FN2/c1-16(2,3)13-8-9-19(10-13)11-15(18)12-4-6-14(17)7-5-12/h4-7,13,15H,8-11,18H2,1-3H3. The van der Waals surface area contributed by atoms with Gasteiger partial charge < -0.3 is 10.6 Å². The van der Waals surface area contributed by atoms with Crippen LogP contribution in [0.15, 0.2) is 24.3 Å². The Kier molecular flexibility index (Phi) is 4.26. The van der Waals surface area contributed by atoms with Crippen LogP contribution in [0.5, 0.6) is 0 Å². The van der Waals surface area contributed by atoms with Crippen LogP contribution < -0.4 is 5.73 Å². The van der Waals surface area contributed by atoms with Gasteiger partial charge in [0.05, 0.1) is 0 Å². The lowest BCUT2D eigenvalue weighted by molar-refractivity contribution is 0.224. The molecule has 0 saturated carbocycles. The van der Waals surface area contributed by atoms with E-state index in [4.69, 9.17) is 5.73 Å². The van der Waals surface area contributed by atoms with Crippen LogP contribution >= 0.6 is 0 Å². The van der Waals surface area contributed by atoms with Gasteiger partial charge in [0.25, 0.3) is 0 Å². The second-order valence-corrected chi connectivity index (χ2v) is 6.77. The Bertz CT molecular complexity index is 408. The summed E-state index contributed by atoms with van der Waals surface area (Å²) in [6, 6.07) is 6.52. The van der Waals surface area contributed by atoms with Crippen LogP contribution in [0.2, 0.25) is 0 Å². The Hall–Kier alpha value is -0.930. The Labute approximate surface area is 115 Å². The van der Waals surface area contributed by atoms with E-state index in [1.165, 1.54) is 18.6 Å². The van der Waals surface area contributed by atoms with Gasteiger partial charge in [-0.25, -0.2) is 4.39 Å². The molecular formula is C16H25FN2. The highest BCUT2D eigenvalue weighted by atomic mass is 19.1. The largest absolute Gasteiger partial charge is 0.323 e. The number of likely N-dealkylation sites (tertiary alicyclic amines) is 1. The minimum Gasteiger partial charge on any atom is -0.323 e. The molecule has 0 aromatic heterocycles. The van der Waals surface area contributed by atoms with E-state index in [0.29, 0.717) is 5.41 Å². The van der Waals surface area contributed by atoms with Crippen LogP contribution in [0.25, 0.3) is 0 Å². The SMILES string of the molecule is CC(C)(C)C1CCN(CC(N)c2ccc(F)cc2)C1. The molecule has 1 aromatic carbocycles. The highest BCUT2D eigenvalue weighted by molar-refractivity contribution is 5.19. The van der Waals surface area contributed by atoms with Crippen molar-refractivity contribution in [2.24, 2.45) is 17.1 Å². The highest BCUT2D eigenvalue weighted by Crippen LogP contribution is 2.33. The van der Waals surface area contributed by atoms with Crippen molar-refractivity contribution in [3.05, 3.63) is 35.6 Å². The van der Waals surface area contributed by atoms with Crippen molar-refractivity contribution < 1.29 is 4.39 Å². The van der Waals surface area contributed by atoms with Gasteiger partial charge in [-0.3, -0.25) is 0 Å². The first-order valence-electron chi connectivity index (χ1n) is 7.09. The average Bonchev–Trinajstić information content (AvgIpc) is 2.78. The van der Waals surface area contributed by atoms with Gasteiger partial charge in [-0.15, -0.1) is 0 Å². The van der Waals surface area contributed by atoms with Crippen LogP contribution in [-0.4, -0.2) is 24.5 Å². The van der Waals surface area contributed by atoms with E-state index in [1.54, 1.807) is 12.1 Å². The molecule has 2 N–H and O–H groups in total. The van der Waals surface area contributed by atoms with Crippen LogP contribution in [0, 0.1) is 17.2 Å². The smallest absolute Gasteiger partial charge is 0.123 e. The van der Waals surface area contributed by atoms with Gasteiger partial charge in [0.15, 0.2) is 0 Å². The molecule has 0 radical (unpaired) electrons. The quantitative estimate of drug-likeness (QED) is 0.908. The molecule has 0 aliphatic carbocycles. The fourth-order valence-corrected chi connectivity index (χ4v) is 2.80. The molecule has 2 atom stereocenters. The van der Waals surface area contributed by atoms with Crippen molar-refractivity contribution in [1.82, 2.24) is 4.90 Å². The first-order chi connectivity index (χ1) is 8.86. The number of nitrogens with two attached hydrogens (primary N) is 1. The zero-order valence-corrected chi connectivity index (χ0v) is 12.2. The molecule has 1 fully saturated rings. The summed E-state index contributed by atoms with van der Waals surface area (Å²) in [5.41, 5.74) is 7.60.